The van der Waals surface area contributed by atoms with Crippen LogP contribution in [0.25, 0.3) is 11.0 Å². The van der Waals surface area contributed by atoms with Crippen molar-refractivity contribution in [1.29, 1.82) is 0 Å². The van der Waals surface area contributed by atoms with E-state index in [9.17, 15) is 9.18 Å². The van der Waals surface area contributed by atoms with Crippen molar-refractivity contribution < 1.29 is 8.81 Å². The Morgan fingerprint density at radius 1 is 1.38 bits per heavy atom. The van der Waals surface area contributed by atoms with Crippen LogP contribution in [0.2, 0.25) is 0 Å². The average Bonchev–Trinajstić information content (AvgIpc) is 2.12. The second-order valence-corrected chi connectivity index (χ2v) is 3.07. The van der Waals surface area contributed by atoms with E-state index in [0.29, 0.717) is 5.39 Å². The number of rotatable bonds is 0. The number of thiol groups is 1. The van der Waals surface area contributed by atoms with Gasteiger partial charge >= 0.3 is 0 Å². The topological polar surface area (TPSA) is 30.2 Å². The molecule has 0 amide bonds. The van der Waals surface area contributed by atoms with Gasteiger partial charge in [-0.05, 0) is 12.1 Å². The van der Waals surface area contributed by atoms with Crippen molar-refractivity contribution in [3.8, 4) is 0 Å². The smallest absolute Gasteiger partial charge is 0.205 e. The van der Waals surface area contributed by atoms with Crippen LogP contribution in [-0.2, 0) is 0 Å². The van der Waals surface area contributed by atoms with Crippen molar-refractivity contribution in [2.24, 2.45) is 0 Å². The summed E-state index contributed by atoms with van der Waals surface area (Å²) < 4.78 is 17.7. The molecule has 0 spiro atoms. The molecule has 2 nitrogen and oxygen atoms in total. The fourth-order valence-corrected chi connectivity index (χ4v) is 1.27. The van der Waals surface area contributed by atoms with Crippen LogP contribution < -0.4 is 5.43 Å². The number of hydrogen-bond donors (Lipinski definition) is 1. The van der Waals surface area contributed by atoms with E-state index < -0.39 is 5.82 Å². The molecule has 1 aromatic carbocycles. The molecule has 0 bridgehead atoms. The van der Waals surface area contributed by atoms with Gasteiger partial charge in [-0.25, -0.2) is 4.39 Å². The van der Waals surface area contributed by atoms with Gasteiger partial charge in [-0.2, -0.15) is 0 Å². The molecule has 2 rings (SSSR count). The molecule has 0 unspecified atom stereocenters. The van der Waals surface area contributed by atoms with Crippen molar-refractivity contribution in [2.45, 2.75) is 4.90 Å². The van der Waals surface area contributed by atoms with E-state index in [0.717, 1.165) is 0 Å². The van der Waals surface area contributed by atoms with Gasteiger partial charge in [0.25, 0.3) is 0 Å². The third kappa shape index (κ3) is 1.33. The monoisotopic (exact) mass is 196 g/mol. The standard InChI is InChI=1S/C9H5FO2S/c10-5-1-2-6-7(3-5)12-4-8(13)9(6)11/h1-4,13H. The summed E-state index contributed by atoms with van der Waals surface area (Å²) in [6.07, 6.45) is 1.20. The minimum Gasteiger partial charge on any atom is -0.463 e. The Balaban J connectivity index is 2.95. The molecular formula is C9H5FO2S. The zero-order valence-corrected chi connectivity index (χ0v) is 7.35. The summed E-state index contributed by atoms with van der Waals surface area (Å²) in [6.45, 7) is 0. The molecule has 0 radical (unpaired) electrons. The van der Waals surface area contributed by atoms with Crippen LogP contribution in [0.3, 0.4) is 0 Å². The maximum Gasteiger partial charge on any atom is 0.205 e. The third-order valence-electron chi connectivity index (χ3n) is 1.72. The molecule has 0 aliphatic heterocycles. The molecule has 1 aromatic heterocycles. The van der Waals surface area contributed by atoms with Crippen LogP contribution in [-0.4, -0.2) is 0 Å². The van der Waals surface area contributed by atoms with Gasteiger partial charge in [0, 0.05) is 6.07 Å². The second kappa shape index (κ2) is 2.88. The molecule has 4 heteroatoms. The van der Waals surface area contributed by atoms with Crippen molar-refractivity contribution >= 4 is 23.6 Å². The Bertz CT molecular complexity index is 518. The van der Waals surface area contributed by atoms with Gasteiger partial charge in [-0.1, -0.05) is 0 Å². The van der Waals surface area contributed by atoms with E-state index in [1.165, 1.54) is 24.5 Å². The molecule has 0 aliphatic rings. The zero-order chi connectivity index (χ0) is 9.42. The quantitative estimate of drug-likeness (QED) is 0.655. The molecule has 0 N–H and O–H groups in total. The van der Waals surface area contributed by atoms with Crippen LogP contribution in [0, 0.1) is 5.82 Å². The van der Waals surface area contributed by atoms with Gasteiger partial charge in [0.05, 0.1) is 10.3 Å². The lowest BCUT2D eigenvalue weighted by molar-refractivity contribution is 0.577. The highest BCUT2D eigenvalue weighted by molar-refractivity contribution is 7.80. The molecule has 0 saturated heterocycles. The van der Waals surface area contributed by atoms with Crippen LogP contribution in [0.15, 0.2) is 38.6 Å². The highest BCUT2D eigenvalue weighted by atomic mass is 32.1. The summed E-state index contributed by atoms with van der Waals surface area (Å²) >= 11 is 3.90. The van der Waals surface area contributed by atoms with Crippen molar-refractivity contribution in [1.82, 2.24) is 0 Å². The predicted molar refractivity (Wildman–Crippen MR) is 49.7 cm³/mol. The molecule has 13 heavy (non-hydrogen) atoms. The van der Waals surface area contributed by atoms with Crippen LogP contribution in [0.1, 0.15) is 0 Å². The summed E-state index contributed by atoms with van der Waals surface area (Å²) in [5, 5.41) is 0.342. The number of fused-ring (bicyclic) bond motifs is 1. The second-order valence-electron chi connectivity index (χ2n) is 2.59. The Morgan fingerprint density at radius 3 is 2.92 bits per heavy atom. The summed E-state index contributed by atoms with van der Waals surface area (Å²) in [5.41, 5.74) is -0.00705. The Hall–Kier alpha value is -1.29. The average molecular weight is 196 g/mol. The van der Waals surface area contributed by atoms with Gasteiger partial charge in [0.2, 0.25) is 5.43 Å². The molecule has 0 atom stereocenters. The first-order valence-electron chi connectivity index (χ1n) is 3.58. The normalized spacial score (nSPS) is 10.6. The predicted octanol–water partition coefficient (Wildman–Crippen LogP) is 2.22. The molecule has 1 heterocycles. The van der Waals surface area contributed by atoms with Crippen LogP contribution in [0.4, 0.5) is 4.39 Å². The lowest BCUT2D eigenvalue weighted by Gasteiger charge is -1.96. The van der Waals surface area contributed by atoms with E-state index in [1.54, 1.807) is 0 Å². The molecule has 0 saturated carbocycles. The maximum atomic E-state index is 12.7. The number of hydrogen-bond acceptors (Lipinski definition) is 3. The highest BCUT2D eigenvalue weighted by Crippen LogP contribution is 2.13. The van der Waals surface area contributed by atoms with Crippen molar-refractivity contribution in [3.63, 3.8) is 0 Å². The minimum absolute atomic E-state index is 0.221. The molecule has 0 fully saturated rings. The van der Waals surface area contributed by atoms with E-state index in [4.69, 9.17) is 4.42 Å². The van der Waals surface area contributed by atoms with Crippen molar-refractivity contribution in [2.75, 3.05) is 0 Å². The zero-order valence-electron chi connectivity index (χ0n) is 6.45. The Kier molecular flexibility index (Phi) is 1.84. The summed E-state index contributed by atoms with van der Waals surface area (Å²) in [6, 6.07) is 3.77. The van der Waals surface area contributed by atoms with Crippen LogP contribution >= 0.6 is 12.6 Å². The van der Waals surface area contributed by atoms with Gasteiger partial charge < -0.3 is 4.42 Å². The summed E-state index contributed by atoms with van der Waals surface area (Å²) in [7, 11) is 0. The lowest BCUT2D eigenvalue weighted by Crippen LogP contribution is -2.01. The first-order valence-corrected chi connectivity index (χ1v) is 4.03. The van der Waals surface area contributed by atoms with Crippen molar-refractivity contribution in [3.05, 3.63) is 40.5 Å². The first kappa shape index (κ1) is 8.31. The van der Waals surface area contributed by atoms with Crippen LogP contribution in [0.5, 0.6) is 0 Å². The van der Waals surface area contributed by atoms with E-state index in [1.807, 2.05) is 0 Å². The minimum atomic E-state index is -0.428. The fourth-order valence-electron chi connectivity index (χ4n) is 1.09. The van der Waals surface area contributed by atoms with E-state index >= 15 is 0 Å². The SMILES string of the molecule is O=c1c(S)coc2cc(F)ccc12. The Morgan fingerprint density at radius 2 is 2.15 bits per heavy atom. The highest BCUT2D eigenvalue weighted by Gasteiger charge is 2.04. The lowest BCUT2D eigenvalue weighted by atomic mass is 10.2. The molecule has 2 aromatic rings. The number of halogens is 1. The summed E-state index contributed by atoms with van der Waals surface area (Å²) in [4.78, 5) is 11.6. The molecule has 0 aliphatic carbocycles. The van der Waals surface area contributed by atoms with Gasteiger partial charge in [0.15, 0.2) is 0 Å². The van der Waals surface area contributed by atoms with Gasteiger partial charge in [-0.3, -0.25) is 4.79 Å². The molecule has 66 valence electrons. The third-order valence-corrected chi connectivity index (χ3v) is 2.03. The maximum absolute atomic E-state index is 12.7. The van der Waals surface area contributed by atoms with E-state index in [2.05, 4.69) is 12.6 Å². The first-order chi connectivity index (χ1) is 6.18. The van der Waals surface area contributed by atoms with E-state index in [-0.39, 0.29) is 15.9 Å². The van der Waals surface area contributed by atoms with Gasteiger partial charge in [-0.15, -0.1) is 12.6 Å². The van der Waals surface area contributed by atoms with Gasteiger partial charge in [0.1, 0.15) is 17.7 Å². The largest absolute Gasteiger partial charge is 0.463 e. The fraction of sp³-hybridized carbons (Fsp3) is 0. The summed E-state index contributed by atoms with van der Waals surface area (Å²) in [5.74, 6) is -0.428. The molecular weight excluding hydrogens is 191 g/mol. The Labute approximate surface area is 78.4 Å². The number of benzene rings is 1.